The molecule has 1 N–H and O–H groups in total. The van der Waals surface area contributed by atoms with Crippen molar-refractivity contribution in [3.05, 3.63) is 44.9 Å². The Balaban J connectivity index is 2.99. The van der Waals surface area contributed by atoms with E-state index in [4.69, 9.17) is 11.6 Å². The third-order valence-corrected chi connectivity index (χ3v) is 3.03. The summed E-state index contributed by atoms with van der Waals surface area (Å²) in [5, 5.41) is 4.28. The van der Waals surface area contributed by atoms with Gasteiger partial charge in [0.2, 0.25) is 0 Å². The average Bonchev–Trinajstić information content (AvgIpc) is 2.22. The van der Waals surface area contributed by atoms with Crippen molar-refractivity contribution < 1.29 is 0 Å². The van der Waals surface area contributed by atoms with Crippen LogP contribution in [0.1, 0.15) is 38.8 Å². The number of allylic oxidation sites excluding steroid dienone is 1. The Morgan fingerprint density at radius 3 is 2.65 bits per heavy atom. The van der Waals surface area contributed by atoms with Gasteiger partial charge in [0.15, 0.2) is 0 Å². The van der Waals surface area contributed by atoms with Gasteiger partial charge in [-0.1, -0.05) is 46.1 Å². The molecule has 0 aliphatic rings. The second-order valence-electron chi connectivity index (χ2n) is 4.38. The molecule has 1 atom stereocenters. The van der Waals surface area contributed by atoms with Crippen LogP contribution in [0, 0.1) is 0 Å². The third-order valence-electron chi connectivity index (χ3n) is 2.36. The highest BCUT2D eigenvalue weighted by Gasteiger charge is 2.09. The summed E-state index contributed by atoms with van der Waals surface area (Å²) < 4.78 is 1.02. The van der Waals surface area contributed by atoms with E-state index in [1.807, 2.05) is 12.1 Å². The van der Waals surface area contributed by atoms with Gasteiger partial charge < -0.3 is 5.32 Å². The molecule has 0 fully saturated rings. The monoisotopic (exact) mass is 315 g/mol. The zero-order chi connectivity index (χ0) is 12.8. The summed E-state index contributed by atoms with van der Waals surface area (Å²) in [5.41, 5.74) is 2.49. The Labute approximate surface area is 117 Å². The van der Waals surface area contributed by atoms with E-state index in [1.54, 1.807) is 0 Å². The molecule has 0 heterocycles. The maximum atomic E-state index is 6.09. The Morgan fingerprint density at radius 1 is 1.41 bits per heavy atom. The second kappa shape index (κ2) is 7.20. The van der Waals surface area contributed by atoms with Crippen molar-refractivity contribution in [2.24, 2.45) is 0 Å². The predicted molar refractivity (Wildman–Crippen MR) is 79.6 cm³/mol. The minimum Gasteiger partial charge on any atom is -0.307 e. The molecule has 0 spiro atoms. The van der Waals surface area contributed by atoms with Crippen LogP contribution in [0.25, 0.3) is 0 Å². The van der Waals surface area contributed by atoms with Crippen molar-refractivity contribution in [1.29, 1.82) is 0 Å². The highest BCUT2D eigenvalue weighted by Crippen LogP contribution is 2.25. The lowest BCUT2D eigenvalue weighted by molar-refractivity contribution is 0.610. The zero-order valence-electron chi connectivity index (χ0n) is 10.6. The van der Waals surface area contributed by atoms with E-state index in [0.29, 0.717) is 0 Å². The van der Waals surface area contributed by atoms with Crippen molar-refractivity contribution >= 4 is 27.5 Å². The largest absolute Gasteiger partial charge is 0.307 e. The van der Waals surface area contributed by atoms with Crippen LogP contribution in [-0.4, -0.2) is 6.54 Å². The fraction of sp³-hybridized carbons (Fsp3) is 0.429. The Morgan fingerprint density at radius 2 is 2.12 bits per heavy atom. The molecule has 0 saturated carbocycles. The maximum Gasteiger partial charge on any atom is 0.0509 e. The standard InChI is InChI=1S/C14H19BrClN/c1-4-5-17-14(6-10(2)3)11-7-12(15)9-13(16)8-11/h6-9,14,17H,4-5H2,1-3H3. The van der Waals surface area contributed by atoms with Gasteiger partial charge in [-0.05, 0) is 50.6 Å². The third kappa shape index (κ3) is 5.24. The van der Waals surface area contributed by atoms with Crippen LogP contribution < -0.4 is 5.32 Å². The molecule has 0 saturated heterocycles. The van der Waals surface area contributed by atoms with Crippen molar-refractivity contribution in [1.82, 2.24) is 5.32 Å². The van der Waals surface area contributed by atoms with Gasteiger partial charge in [0, 0.05) is 9.50 Å². The number of benzene rings is 1. The molecule has 1 unspecified atom stereocenters. The SMILES string of the molecule is CCCNC(C=C(C)C)c1cc(Cl)cc(Br)c1. The summed E-state index contributed by atoms with van der Waals surface area (Å²) in [6, 6.07) is 6.26. The van der Waals surface area contributed by atoms with Crippen LogP contribution in [0.5, 0.6) is 0 Å². The topological polar surface area (TPSA) is 12.0 Å². The van der Waals surface area contributed by atoms with Gasteiger partial charge in [-0.25, -0.2) is 0 Å². The second-order valence-corrected chi connectivity index (χ2v) is 5.73. The first-order valence-corrected chi connectivity index (χ1v) is 7.04. The number of halogens is 2. The molecule has 1 aromatic rings. The lowest BCUT2D eigenvalue weighted by Crippen LogP contribution is -2.20. The van der Waals surface area contributed by atoms with Gasteiger partial charge in [-0.2, -0.15) is 0 Å². The van der Waals surface area contributed by atoms with Crippen LogP contribution in [0.3, 0.4) is 0 Å². The lowest BCUT2D eigenvalue weighted by atomic mass is 10.0. The van der Waals surface area contributed by atoms with Gasteiger partial charge in [-0.3, -0.25) is 0 Å². The lowest BCUT2D eigenvalue weighted by Gasteiger charge is -2.16. The van der Waals surface area contributed by atoms with Crippen molar-refractivity contribution in [3.8, 4) is 0 Å². The summed E-state index contributed by atoms with van der Waals surface area (Å²) in [7, 11) is 0. The number of hydrogen-bond acceptors (Lipinski definition) is 1. The van der Waals surface area contributed by atoms with Gasteiger partial charge in [0.05, 0.1) is 6.04 Å². The van der Waals surface area contributed by atoms with Crippen LogP contribution >= 0.6 is 27.5 Å². The Hall–Kier alpha value is -0.310. The molecular formula is C14H19BrClN. The molecule has 0 bridgehead atoms. The van der Waals surface area contributed by atoms with Gasteiger partial charge in [-0.15, -0.1) is 0 Å². The van der Waals surface area contributed by atoms with Gasteiger partial charge in [0.1, 0.15) is 0 Å². The molecule has 3 heteroatoms. The first-order valence-electron chi connectivity index (χ1n) is 5.87. The minimum atomic E-state index is 0.231. The van der Waals surface area contributed by atoms with Crippen LogP contribution in [0.2, 0.25) is 5.02 Å². The van der Waals surface area contributed by atoms with Crippen LogP contribution in [0.4, 0.5) is 0 Å². The molecular weight excluding hydrogens is 298 g/mol. The molecule has 1 aromatic carbocycles. The molecule has 94 valence electrons. The summed E-state index contributed by atoms with van der Waals surface area (Å²) >= 11 is 9.57. The highest BCUT2D eigenvalue weighted by atomic mass is 79.9. The quantitative estimate of drug-likeness (QED) is 0.744. The fourth-order valence-electron chi connectivity index (χ4n) is 1.66. The van der Waals surface area contributed by atoms with Gasteiger partial charge >= 0.3 is 0 Å². The molecule has 0 radical (unpaired) electrons. The van der Waals surface area contributed by atoms with Gasteiger partial charge in [0.25, 0.3) is 0 Å². The minimum absolute atomic E-state index is 0.231. The normalized spacial score (nSPS) is 12.3. The maximum absolute atomic E-state index is 6.09. The Bertz CT molecular complexity index is 377. The summed E-state index contributed by atoms with van der Waals surface area (Å²) in [4.78, 5) is 0. The number of hydrogen-bond donors (Lipinski definition) is 1. The first kappa shape index (κ1) is 14.7. The molecule has 0 aliphatic carbocycles. The molecule has 1 rings (SSSR count). The van der Waals surface area contributed by atoms with E-state index in [9.17, 15) is 0 Å². The summed E-state index contributed by atoms with van der Waals surface area (Å²) in [5.74, 6) is 0. The smallest absolute Gasteiger partial charge is 0.0509 e. The highest BCUT2D eigenvalue weighted by molar-refractivity contribution is 9.10. The fourth-order valence-corrected chi connectivity index (χ4v) is 2.55. The van der Waals surface area contributed by atoms with E-state index >= 15 is 0 Å². The van der Waals surface area contributed by atoms with Crippen molar-refractivity contribution in [3.63, 3.8) is 0 Å². The Kier molecular flexibility index (Phi) is 6.24. The van der Waals surface area contributed by atoms with Crippen LogP contribution in [-0.2, 0) is 0 Å². The predicted octanol–water partition coefficient (Wildman–Crippen LogP) is 5.11. The number of rotatable bonds is 5. The van der Waals surface area contributed by atoms with Crippen LogP contribution in [0.15, 0.2) is 34.3 Å². The van der Waals surface area contributed by atoms with Crippen molar-refractivity contribution in [2.45, 2.75) is 33.2 Å². The molecule has 0 amide bonds. The van der Waals surface area contributed by atoms with Crippen molar-refractivity contribution in [2.75, 3.05) is 6.54 Å². The molecule has 17 heavy (non-hydrogen) atoms. The molecule has 0 aliphatic heterocycles. The zero-order valence-corrected chi connectivity index (χ0v) is 12.9. The summed E-state index contributed by atoms with van der Waals surface area (Å²) in [6.07, 6.45) is 3.35. The van der Waals surface area contributed by atoms with E-state index < -0.39 is 0 Å². The average molecular weight is 317 g/mol. The molecule has 1 nitrogen and oxygen atoms in total. The number of nitrogens with one attached hydrogen (secondary N) is 1. The van der Waals surface area contributed by atoms with E-state index in [0.717, 1.165) is 22.5 Å². The first-order chi connectivity index (χ1) is 8.02. The van der Waals surface area contributed by atoms with E-state index in [1.165, 1.54) is 11.1 Å². The van der Waals surface area contributed by atoms with E-state index in [2.05, 4.69) is 54.2 Å². The summed E-state index contributed by atoms with van der Waals surface area (Å²) in [6.45, 7) is 7.39. The molecule has 0 aromatic heterocycles. The van der Waals surface area contributed by atoms with E-state index in [-0.39, 0.29) is 6.04 Å².